The molecule has 0 aliphatic carbocycles. The first kappa shape index (κ1) is 19.2. The molecule has 1 saturated heterocycles. The first-order valence-electron chi connectivity index (χ1n) is 9.30. The molecule has 136 valence electrons. The molecule has 1 aromatic carbocycles. The van der Waals surface area contributed by atoms with E-state index in [9.17, 15) is 14.4 Å². The summed E-state index contributed by atoms with van der Waals surface area (Å²) in [7, 11) is 0. The predicted molar refractivity (Wildman–Crippen MR) is 97.0 cm³/mol. The van der Waals surface area contributed by atoms with Crippen molar-refractivity contribution in [3.8, 4) is 0 Å². The number of benzene rings is 1. The van der Waals surface area contributed by atoms with Crippen molar-refractivity contribution in [3.63, 3.8) is 0 Å². The van der Waals surface area contributed by atoms with E-state index in [-0.39, 0.29) is 24.1 Å². The fourth-order valence-corrected chi connectivity index (χ4v) is 3.14. The van der Waals surface area contributed by atoms with E-state index in [0.29, 0.717) is 18.7 Å². The molecule has 1 atom stereocenters. The van der Waals surface area contributed by atoms with E-state index in [1.54, 1.807) is 17.0 Å². The number of imide groups is 1. The summed E-state index contributed by atoms with van der Waals surface area (Å²) < 4.78 is 0. The maximum atomic E-state index is 12.9. The summed E-state index contributed by atoms with van der Waals surface area (Å²) in [5, 5.41) is 0. The Bertz CT molecular complexity index is 600. The molecule has 1 aliphatic rings. The van der Waals surface area contributed by atoms with Crippen LogP contribution >= 0.6 is 0 Å². The first-order valence-corrected chi connectivity index (χ1v) is 9.30. The number of likely N-dealkylation sites (tertiary alicyclic amines) is 1. The van der Waals surface area contributed by atoms with Gasteiger partial charge in [0.15, 0.2) is 0 Å². The zero-order chi connectivity index (χ0) is 18.2. The molecule has 0 bridgehead atoms. The van der Waals surface area contributed by atoms with E-state index in [1.165, 1.54) is 4.90 Å². The normalized spacial score (nSPS) is 17.2. The molecule has 0 spiro atoms. The van der Waals surface area contributed by atoms with Gasteiger partial charge in [-0.15, -0.1) is 0 Å². The van der Waals surface area contributed by atoms with Crippen LogP contribution in [0.25, 0.3) is 0 Å². The first-order chi connectivity index (χ1) is 12.1. The van der Waals surface area contributed by atoms with Crippen LogP contribution in [0.4, 0.5) is 0 Å². The highest BCUT2D eigenvalue weighted by molar-refractivity contribution is 6.08. The minimum absolute atomic E-state index is 0.104. The highest BCUT2D eigenvalue weighted by Gasteiger charge is 2.43. The summed E-state index contributed by atoms with van der Waals surface area (Å²) in [5.41, 5.74) is 0.561. The Balaban J connectivity index is 2.19. The predicted octanol–water partition coefficient (Wildman–Crippen LogP) is 3.25. The van der Waals surface area contributed by atoms with Gasteiger partial charge in [-0.25, -0.2) is 0 Å². The lowest BCUT2D eigenvalue weighted by molar-refractivity contribution is -0.139. The monoisotopic (exact) mass is 344 g/mol. The minimum Gasteiger partial charge on any atom is -0.326 e. The molecule has 5 nitrogen and oxygen atoms in total. The summed E-state index contributed by atoms with van der Waals surface area (Å²) in [6, 6.07) is 8.33. The number of amides is 3. The van der Waals surface area contributed by atoms with Crippen molar-refractivity contribution in [1.29, 1.82) is 0 Å². The molecule has 0 N–H and O–H groups in total. The summed E-state index contributed by atoms with van der Waals surface area (Å²) in [4.78, 5) is 40.9. The van der Waals surface area contributed by atoms with E-state index in [1.807, 2.05) is 25.1 Å². The van der Waals surface area contributed by atoms with Crippen molar-refractivity contribution in [3.05, 3.63) is 35.9 Å². The summed E-state index contributed by atoms with van der Waals surface area (Å²) in [5.74, 6) is -0.552. The molecule has 1 unspecified atom stereocenters. The lowest BCUT2D eigenvalue weighted by Crippen LogP contribution is -2.46. The molecule has 3 amide bonds. The zero-order valence-corrected chi connectivity index (χ0v) is 15.2. The molecule has 2 rings (SSSR count). The van der Waals surface area contributed by atoms with Gasteiger partial charge in [-0.3, -0.25) is 19.3 Å². The zero-order valence-electron chi connectivity index (χ0n) is 15.2. The number of nitrogens with zero attached hydrogens (tertiary/aromatic N) is 2. The largest absolute Gasteiger partial charge is 0.326 e. The summed E-state index contributed by atoms with van der Waals surface area (Å²) in [6.45, 7) is 5.08. The van der Waals surface area contributed by atoms with Crippen LogP contribution in [0.15, 0.2) is 30.3 Å². The number of carbonyl (C=O) groups excluding carboxylic acids is 3. The number of unbranched alkanes of at least 4 members (excludes halogenated alkanes) is 3. The molecule has 25 heavy (non-hydrogen) atoms. The molecule has 1 aliphatic heterocycles. The van der Waals surface area contributed by atoms with Gasteiger partial charge in [0, 0.05) is 18.7 Å². The fraction of sp³-hybridized carbons (Fsp3) is 0.550. The van der Waals surface area contributed by atoms with Crippen LogP contribution in [0.3, 0.4) is 0 Å². The molecule has 1 heterocycles. The highest BCUT2D eigenvalue weighted by Crippen LogP contribution is 2.22. The van der Waals surface area contributed by atoms with Crippen LogP contribution < -0.4 is 0 Å². The van der Waals surface area contributed by atoms with Crippen molar-refractivity contribution in [1.82, 2.24) is 9.80 Å². The van der Waals surface area contributed by atoms with Gasteiger partial charge in [0.25, 0.3) is 11.8 Å². The van der Waals surface area contributed by atoms with Crippen LogP contribution in [-0.2, 0) is 9.59 Å². The molecule has 1 fully saturated rings. The lowest BCUT2D eigenvalue weighted by Gasteiger charge is -2.28. The second-order valence-corrected chi connectivity index (χ2v) is 6.53. The lowest BCUT2D eigenvalue weighted by atomic mass is 10.1. The second kappa shape index (κ2) is 9.35. The summed E-state index contributed by atoms with van der Waals surface area (Å²) in [6.07, 6.45) is 4.69. The van der Waals surface area contributed by atoms with Crippen molar-refractivity contribution in [2.24, 2.45) is 0 Å². The van der Waals surface area contributed by atoms with E-state index < -0.39 is 6.04 Å². The molecule has 0 radical (unpaired) electrons. The standard InChI is InChI=1S/C20H28N2O3/c1-3-5-10-14-21(19(24)16-11-8-7-9-12-16)17-15-18(23)22(20(17)25)13-6-4-2/h7-9,11-12,17H,3-6,10,13-15H2,1-2H3. The Kier molecular flexibility index (Phi) is 7.16. The average molecular weight is 344 g/mol. The van der Waals surface area contributed by atoms with Crippen molar-refractivity contribution >= 4 is 17.7 Å². The Hall–Kier alpha value is -2.17. The Morgan fingerprint density at radius 2 is 1.76 bits per heavy atom. The van der Waals surface area contributed by atoms with Crippen LogP contribution in [0.5, 0.6) is 0 Å². The van der Waals surface area contributed by atoms with E-state index in [0.717, 1.165) is 32.1 Å². The Morgan fingerprint density at radius 1 is 1.08 bits per heavy atom. The van der Waals surface area contributed by atoms with Crippen LogP contribution in [0.1, 0.15) is 62.7 Å². The van der Waals surface area contributed by atoms with Gasteiger partial charge >= 0.3 is 0 Å². The van der Waals surface area contributed by atoms with E-state index >= 15 is 0 Å². The number of rotatable bonds is 9. The van der Waals surface area contributed by atoms with Crippen molar-refractivity contribution < 1.29 is 14.4 Å². The van der Waals surface area contributed by atoms with E-state index in [2.05, 4.69) is 6.92 Å². The average Bonchev–Trinajstić information content (AvgIpc) is 2.91. The van der Waals surface area contributed by atoms with Gasteiger partial charge in [-0.2, -0.15) is 0 Å². The third-order valence-electron chi connectivity index (χ3n) is 4.62. The minimum atomic E-state index is -0.658. The number of hydrogen-bond acceptors (Lipinski definition) is 3. The van der Waals surface area contributed by atoms with E-state index in [4.69, 9.17) is 0 Å². The van der Waals surface area contributed by atoms with Gasteiger partial charge in [-0.1, -0.05) is 51.3 Å². The van der Waals surface area contributed by atoms with Crippen LogP contribution in [0.2, 0.25) is 0 Å². The van der Waals surface area contributed by atoms with Gasteiger partial charge < -0.3 is 4.90 Å². The Morgan fingerprint density at radius 3 is 2.40 bits per heavy atom. The van der Waals surface area contributed by atoms with Gasteiger partial charge in [0.1, 0.15) is 6.04 Å². The van der Waals surface area contributed by atoms with Crippen molar-refractivity contribution in [2.45, 2.75) is 58.4 Å². The number of carbonyl (C=O) groups is 3. The smallest absolute Gasteiger partial charge is 0.254 e. The quantitative estimate of drug-likeness (QED) is 0.510. The molecule has 0 aromatic heterocycles. The van der Waals surface area contributed by atoms with Crippen molar-refractivity contribution in [2.75, 3.05) is 13.1 Å². The summed E-state index contributed by atoms with van der Waals surface area (Å²) >= 11 is 0. The third-order valence-corrected chi connectivity index (χ3v) is 4.62. The topological polar surface area (TPSA) is 57.7 Å². The molecule has 0 saturated carbocycles. The molecular weight excluding hydrogens is 316 g/mol. The second-order valence-electron chi connectivity index (χ2n) is 6.53. The van der Waals surface area contributed by atoms with Gasteiger partial charge in [0.2, 0.25) is 5.91 Å². The fourth-order valence-electron chi connectivity index (χ4n) is 3.14. The number of hydrogen-bond donors (Lipinski definition) is 0. The molecule has 5 heteroatoms. The van der Waals surface area contributed by atoms with Crippen LogP contribution in [0, 0.1) is 0 Å². The van der Waals surface area contributed by atoms with Gasteiger partial charge in [-0.05, 0) is 25.0 Å². The van der Waals surface area contributed by atoms with Gasteiger partial charge in [0.05, 0.1) is 6.42 Å². The molecule has 1 aromatic rings. The molecular formula is C20H28N2O3. The Labute approximate surface area is 150 Å². The maximum absolute atomic E-state index is 12.9. The maximum Gasteiger partial charge on any atom is 0.254 e. The van der Waals surface area contributed by atoms with Crippen LogP contribution in [-0.4, -0.2) is 46.7 Å². The highest BCUT2D eigenvalue weighted by atomic mass is 16.2. The third kappa shape index (κ3) is 4.68. The SMILES string of the molecule is CCCCCN(C(=O)c1ccccc1)C1CC(=O)N(CCCC)C1=O.